The van der Waals surface area contributed by atoms with E-state index in [-0.39, 0.29) is 12.1 Å². The molecule has 82 valence electrons. The zero-order valence-corrected chi connectivity index (χ0v) is 8.83. The van der Waals surface area contributed by atoms with E-state index in [2.05, 4.69) is 21.4 Å². The molecule has 5 nitrogen and oxygen atoms in total. The Balaban J connectivity index is 0. The summed E-state index contributed by atoms with van der Waals surface area (Å²) in [5.41, 5.74) is 0. The van der Waals surface area contributed by atoms with E-state index in [1.807, 2.05) is 0 Å². The van der Waals surface area contributed by atoms with Crippen molar-refractivity contribution in [3.8, 4) is 0 Å². The molecular formula is C9H17NO4. The molecule has 5 heteroatoms. The second kappa shape index (κ2) is 11.5. The number of hydrogen-bond donors (Lipinski definition) is 1. The highest BCUT2D eigenvalue weighted by molar-refractivity contribution is 5.81. The summed E-state index contributed by atoms with van der Waals surface area (Å²) in [4.78, 5) is 20.2. The van der Waals surface area contributed by atoms with Gasteiger partial charge in [-0.15, -0.1) is 0 Å². The molecule has 0 aliphatic carbocycles. The third kappa shape index (κ3) is 13.1. The Bertz CT molecular complexity index is 180. The molecule has 0 saturated heterocycles. The van der Waals surface area contributed by atoms with Crippen LogP contribution < -0.4 is 5.32 Å². The average molecular weight is 203 g/mol. The molecule has 0 bridgehead atoms. The number of nitrogens with one attached hydrogen (secondary N) is 1. The molecule has 14 heavy (non-hydrogen) atoms. The molecule has 0 aliphatic heterocycles. The quantitative estimate of drug-likeness (QED) is 0.551. The smallest absolute Gasteiger partial charge is 0.406 e. The topological polar surface area (TPSA) is 64.6 Å². The molecule has 0 heterocycles. The molecule has 1 amide bonds. The maximum absolute atomic E-state index is 10.1. The number of hydrogen-bond acceptors (Lipinski definition) is 4. The van der Waals surface area contributed by atoms with Crippen LogP contribution in [0.2, 0.25) is 0 Å². The van der Waals surface area contributed by atoms with Gasteiger partial charge in [-0.05, 0) is 13.8 Å². The molecule has 0 radical (unpaired) electrons. The third-order valence-electron chi connectivity index (χ3n) is 0.933. The van der Waals surface area contributed by atoms with Gasteiger partial charge >= 0.3 is 12.1 Å². The van der Waals surface area contributed by atoms with Crippen LogP contribution >= 0.6 is 0 Å². The van der Waals surface area contributed by atoms with Crippen molar-refractivity contribution in [2.75, 3.05) is 20.3 Å². The molecular weight excluding hydrogens is 186 g/mol. The minimum Gasteiger partial charge on any atom is -0.463 e. The van der Waals surface area contributed by atoms with E-state index in [1.54, 1.807) is 13.8 Å². The Morgan fingerprint density at radius 3 is 1.93 bits per heavy atom. The summed E-state index contributed by atoms with van der Waals surface area (Å²) >= 11 is 0. The maximum Gasteiger partial charge on any atom is 0.406 e. The standard InChI is InChI=1S/C5H8O2.C4H9NO2/c1-3-5(6)7-4-2;1-3-7-4(6)5-2/h3H,1,4H2,2H3;3H2,1-2H3,(H,5,6). The van der Waals surface area contributed by atoms with Gasteiger partial charge in [0.1, 0.15) is 0 Å². The largest absolute Gasteiger partial charge is 0.463 e. The molecule has 0 aromatic heterocycles. The lowest BCUT2D eigenvalue weighted by atomic mass is 10.6. The van der Waals surface area contributed by atoms with Crippen molar-refractivity contribution >= 4 is 12.1 Å². The van der Waals surface area contributed by atoms with Gasteiger partial charge in [0, 0.05) is 13.1 Å². The van der Waals surface area contributed by atoms with E-state index in [4.69, 9.17) is 0 Å². The first-order valence-corrected chi connectivity index (χ1v) is 4.25. The van der Waals surface area contributed by atoms with Gasteiger partial charge in [0.2, 0.25) is 0 Å². The number of alkyl carbamates (subject to hydrolysis) is 1. The van der Waals surface area contributed by atoms with Crippen molar-refractivity contribution in [3.05, 3.63) is 12.7 Å². The molecule has 0 rings (SSSR count). The van der Waals surface area contributed by atoms with Crippen LogP contribution in [0.5, 0.6) is 0 Å². The monoisotopic (exact) mass is 203 g/mol. The van der Waals surface area contributed by atoms with E-state index in [0.29, 0.717) is 13.2 Å². The van der Waals surface area contributed by atoms with Crippen LogP contribution in [0.1, 0.15) is 13.8 Å². The van der Waals surface area contributed by atoms with Gasteiger partial charge in [-0.3, -0.25) is 0 Å². The summed E-state index contributed by atoms with van der Waals surface area (Å²) < 4.78 is 8.88. The Morgan fingerprint density at radius 1 is 1.29 bits per heavy atom. The van der Waals surface area contributed by atoms with Crippen LogP contribution in [0, 0.1) is 0 Å². The Labute approximate surface area is 84.1 Å². The van der Waals surface area contributed by atoms with Crippen molar-refractivity contribution < 1.29 is 19.1 Å². The first-order valence-electron chi connectivity index (χ1n) is 4.25. The van der Waals surface area contributed by atoms with Crippen molar-refractivity contribution in [2.24, 2.45) is 0 Å². The number of amides is 1. The Kier molecular flexibility index (Phi) is 12.3. The van der Waals surface area contributed by atoms with Crippen molar-refractivity contribution in [1.29, 1.82) is 0 Å². The molecule has 0 saturated carbocycles. The minimum atomic E-state index is -0.373. The van der Waals surface area contributed by atoms with Gasteiger partial charge in [-0.2, -0.15) is 0 Å². The lowest BCUT2D eigenvalue weighted by Crippen LogP contribution is -2.18. The van der Waals surface area contributed by atoms with Crippen LogP contribution in [-0.2, 0) is 14.3 Å². The van der Waals surface area contributed by atoms with E-state index in [9.17, 15) is 9.59 Å². The van der Waals surface area contributed by atoms with Gasteiger partial charge in [-0.1, -0.05) is 6.58 Å². The number of esters is 1. The first kappa shape index (κ1) is 15.0. The predicted molar refractivity (Wildman–Crippen MR) is 52.9 cm³/mol. The highest BCUT2D eigenvalue weighted by atomic mass is 16.5. The van der Waals surface area contributed by atoms with Crippen molar-refractivity contribution in [3.63, 3.8) is 0 Å². The number of rotatable bonds is 3. The van der Waals surface area contributed by atoms with Gasteiger partial charge in [-0.25, -0.2) is 9.59 Å². The van der Waals surface area contributed by atoms with Crippen LogP contribution in [0.15, 0.2) is 12.7 Å². The van der Waals surface area contributed by atoms with Gasteiger partial charge in [0.05, 0.1) is 13.2 Å². The number of carbonyl (C=O) groups is 2. The van der Waals surface area contributed by atoms with E-state index in [0.717, 1.165) is 6.08 Å². The molecule has 1 N–H and O–H groups in total. The normalized spacial score (nSPS) is 7.64. The van der Waals surface area contributed by atoms with Gasteiger partial charge in [0.25, 0.3) is 0 Å². The summed E-state index contributed by atoms with van der Waals surface area (Å²) in [5, 5.41) is 2.30. The lowest BCUT2D eigenvalue weighted by Gasteiger charge is -1.95. The second-order valence-corrected chi connectivity index (χ2v) is 1.93. The second-order valence-electron chi connectivity index (χ2n) is 1.93. The van der Waals surface area contributed by atoms with Gasteiger partial charge < -0.3 is 14.8 Å². The number of carbonyl (C=O) groups excluding carboxylic acids is 2. The lowest BCUT2D eigenvalue weighted by molar-refractivity contribution is -0.137. The number of ether oxygens (including phenoxy) is 2. The fraction of sp³-hybridized carbons (Fsp3) is 0.556. The highest BCUT2D eigenvalue weighted by Gasteiger charge is 1.89. The fourth-order valence-corrected chi connectivity index (χ4v) is 0.404. The zero-order valence-electron chi connectivity index (χ0n) is 8.83. The molecule has 0 aliphatic rings. The van der Waals surface area contributed by atoms with Crippen molar-refractivity contribution in [2.45, 2.75) is 13.8 Å². The van der Waals surface area contributed by atoms with Crippen molar-refractivity contribution in [1.82, 2.24) is 5.32 Å². The molecule has 0 atom stereocenters. The SMILES string of the molecule is C=CC(=O)OCC.CCOC(=O)NC. The maximum atomic E-state index is 10.1. The van der Waals surface area contributed by atoms with Crippen LogP contribution in [0.4, 0.5) is 4.79 Å². The average Bonchev–Trinajstić information content (AvgIpc) is 2.19. The highest BCUT2D eigenvalue weighted by Crippen LogP contribution is 1.74. The third-order valence-corrected chi connectivity index (χ3v) is 0.933. The van der Waals surface area contributed by atoms with Crippen LogP contribution in [0.25, 0.3) is 0 Å². The van der Waals surface area contributed by atoms with E-state index >= 15 is 0 Å². The van der Waals surface area contributed by atoms with Gasteiger partial charge in [0.15, 0.2) is 0 Å². The molecule has 0 spiro atoms. The Hall–Kier alpha value is -1.52. The molecule has 0 fully saturated rings. The molecule has 0 unspecified atom stereocenters. The molecule has 0 aromatic carbocycles. The summed E-state index contributed by atoms with van der Waals surface area (Å²) in [5.74, 6) is -0.359. The Morgan fingerprint density at radius 2 is 1.79 bits per heavy atom. The zero-order chi connectivity index (χ0) is 11.4. The summed E-state index contributed by atoms with van der Waals surface area (Å²) in [6.07, 6.45) is 0.770. The first-order chi connectivity index (χ1) is 6.62. The summed E-state index contributed by atoms with van der Waals surface area (Å²) in [7, 11) is 1.53. The summed E-state index contributed by atoms with van der Waals surface area (Å²) in [6, 6.07) is 0. The minimum absolute atomic E-state index is 0.359. The van der Waals surface area contributed by atoms with E-state index in [1.165, 1.54) is 7.05 Å². The van der Waals surface area contributed by atoms with Crippen LogP contribution in [-0.4, -0.2) is 32.3 Å². The molecule has 0 aromatic rings. The predicted octanol–water partition coefficient (Wildman–Crippen LogP) is 1.10. The van der Waals surface area contributed by atoms with Crippen LogP contribution in [0.3, 0.4) is 0 Å². The summed E-state index contributed by atoms with van der Waals surface area (Å²) in [6.45, 7) is 7.57. The fourth-order valence-electron chi connectivity index (χ4n) is 0.404. The van der Waals surface area contributed by atoms with E-state index < -0.39 is 0 Å².